The molecule has 0 N–H and O–H groups in total. The SMILES string of the molecule is CC1(C)c2ccccc2-c2ccc(N(c3ccc4c(c3)C(C)(C)c3ccccc3-4)c3cc4c(-c5ccccc5)nc5ccccc5c4c4c3oc3ccccc34)cc21. The molecule has 8 aromatic carbocycles. The molecule has 2 aliphatic carbocycles. The van der Waals surface area contributed by atoms with E-state index in [1.54, 1.807) is 0 Å². The molecule has 10 aromatic rings. The van der Waals surface area contributed by atoms with Crippen LogP contribution in [0.25, 0.3) is 77.1 Å². The molecular formula is C55H40N2O. The summed E-state index contributed by atoms with van der Waals surface area (Å²) in [6.45, 7) is 9.43. The highest BCUT2D eigenvalue weighted by atomic mass is 16.3. The maximum atomic E-state index is 7.12. The number of hydrogen-bond donors (Lipinski definition) is 0. The van der Waals surface area contributed by atoms with Crippen LogP contribution < -0.4 is 4.90 Å². The molecule has 0 saturated heterocycles. The Morgan fingerprint density at radius 1 is 0.448 bits per heavy atom. The van der Waals surface area contributed by atoms with Gasteiger partial charge in [-0.3, -0.25) is 0 Å². The zero-order valence-electron chi connectivity index (χ0n) is 33.0. The van der Waals surface area contributed by atoms with Gasteiger partial charge in [-0.05, 0) is 87.0 Å². The second-order valence-electron chi connectivity index (χ2n) is 17.1. The van der Waals surface area contributed by atoms with E-state index in [9.17, 15) is 0 Å². The highest BCUT2D eigenvalue weighted by Crippen LogP contribution is 2.55. The van der Waals surface area contributed by atoms with Crippen molar-refractivity contribution >= 4 is 60.7 Å². The maximum Gasteiger partial charge on any atom is 0.160 e. The summed E-state index contributed by atoms with van der Waals surface area (Å²) < 4.78 is 7.12. The van der Waals surface area contributed by atoms with Crippen molar-refractivity contribution in [2.24, 2.45) is 0 Å². The molecule has 58 heavy (non-hydrogen) atoms. The van der Waals surface area contributed by atoms with Gasteiger partial charge in [0.15, 0.2) is 5.58 Å². The zero-order valence-corrected chi connectivity index (χ0v) is 33.0. The van der Waals surface area contributed by atoms with E-state index in [2.05, 4.69) is 202 Å². The third-order valence-electron chi connectivity index (χ3n) is 13.2. The summed E-state index contributed by atoms with van der Waals surface area (Å²) in [7, 11) is 0. The third kappa shape index (κ3) is 4.47. The molecule has 0 spiro atoms. The van der Waals surface area contributed by atoms with Crippen LogP contribution in [0.2, 0.25) is 0 Å². The predicted octanol–water partition coefficient (Wildman–Crippen LogP) is 15.0. The smallest absolute Gasteiger partial charge is 0.160 e. The Kier molecular flexibility index (Phi) is 6.74. The van der Waals surface area contributed by atoms with Crippen LogP contribution in [0.5, 0.6) is 0 Å². The highest BCUT2D eigenvalue weighted by molar-refractivity contribution is 6.31. The van der Waals surface area contributed by atoms with Gasteiger partial charge < -0.3 is 9.32 Å². The van der Waals surface area contributed by atoms with E-state index in [0.29, 0.717) is 0 Å². The zero-order chi connectivity index (χ0) is 38.9. The minimum absolute atomic E-state index is 0.170. The summed E-state index contributed by atoms with van der Waals surface area (Å²) in [4.78, 5) is 7.87. The number of aromatic nitrogens is 1. The average molecular weight is 745 g/mol. The summed E-state index contributed by atoms with van der Waals surface area (Å²) in [6.07, 6.45) is 0. The van der Waals surface area contributed by atoms with Crippen LogP contribution in [-0.2, 0) is 10.8 Å². The fraction of sp³-hybridized carbons (Fsp3) is 0.109. The lowest BCUT2D eigenvalue weighted by atomic mass is 9.82. The molecule has 0 unspecified atom stereocenters. The lowest BCUT2D eigenvalue weighted by Crippen LogP contribution is -2.18. The largest absolute Gasteiger partial charge is 0.454 e. The number of para-hydroxylation sites is 2. The van der Waals surface area contributed by atoms with E-state index in [1.165, 1.54) is 44.5 Å². The van der Waals surface area contributed by atoms with Crippen molar-refractivity contribution in [3.63, 3.8) is 0 Å². The molecule has 3 nitrogen and oxygen atoms in total. The van der Waals surface area contributed by atoms with Gasteiger partial charge in [0.2, 0.25) is 0 Å². The normalized spacial score (nSPS) is 14.5. The van der Waals surface area contributed by atoms with Crippen LogP contribution in [0, 0.1) is 0 Å². The molecular weight excluding hydrogens is 705 g/mol. The van der Waals surface area contributed by atoms with Crippen molar-refractivity contribution in [2.45, 2.75) is 38.5 Å². The number of fused-ring (bicyclic) bond motifs is 13. The molecule has 0 bridgehead atoms. The number of nitrogens with zero attached hydrogens (tertiary/aromatic N) is 2. The average Bonchev–Trinajstić information content (AvgIpc) is 3.84. The monoisotopic (exact) mass is 744 g/mol. The maximum absolute atomic E-state index is 7.12. The number of benzene rings is 8. The van der Waals surface area contributed by atoms with E-state index in [4.69, 9.17) is 9.40 Å². The molecule has 0 atom stereocenters. The lowest BCUT2D eigenvalue weighted by molar-refractivity contribution is 0.659. The number of pyridine rings is 1. The lowest BCUT2D eigenvalue weighted by Gasteiger charge is -2.30. The minimum atomic E-state index is -0.170. The third-order valence-corrected chi connectivity index (χ3v) is 13.2. The van der Waals surface area contributed by atoms with Crippen LogP contribution in [0.4, 0.5) is 17.1 Å². The first-order valence-corrected chi connectivity index (χ1v) is 20.3. The quantitative estimate of drug-likeness (QED) is 0.168. The fourth-order valence-electron chi connectivity index (χ4n) is 10.4. The highest BCUT2D eigenvalue weighted by Gasteiger charge is 2.38. The summed E-state index contributed by atoms with van der Waals surface area (Å²) in [6, 6.07) is 61.9. The van der Waals surface area contributed by atoms with Gasteiger partial charge in [-0.15, -0.1) is 0 Å². The first kappa shape index (κ1) is 33.2. The summed E-state index contributed by atoms with van der Waals surface area (Å²) in [5, 5.41) is 5.55. The Labute approximate surface area is 337 Å². The standard InChI is InChI=1S/C55H40N2O/c1-54(2)43-22-12-8-18-36(43)38-28-26-34(30-45(38)54)57(35-27-29-39-37-19-9-13-23-44(37)55(3,4)46(39)31-35)48-32-42-50(51-41-21-11-15-25-49(41)58-53(48)51)40-20-10-14-24-47(40)56-52(42)33-16-6-5-7-17-33/h5-32H,1-4H3. The van der Waals surface area contributed by atoms with Gasteiger partial charge in [-0.2, -0.15) is 0 Å². The molecule has 0 saturated carbocycles. The predicted molar refractivity (Wildman–Crippen MR) is 242 cm³/mol. The molecule has 276 valence electrons. The van der Waals surface area contributed by atoms with Crippen molar-refractivity contribution in [3.8, 4) is 33.5 Å². The van der Waals surface area contributed by atoms with Gasteiger partial charge in [0.05, 0.1) is 16.9 Å². The second kappa shape index (κ2) is 11.8. The van der Waals surface area contributed by atoms with Gasteiger partial charge in [-0.25, -0.2) is 4.98 Å². The number of hydrogen-bond acceptors (Lipinski definition) is 3. The van der Waals surface area contributed by atoms with E-state index >= 15 is 0 Å². The fourth-order valence-corrected chi connectivity index (χ4v) is 10.4. The summed E-state index contributed by atoms with van der Waals surface area (Å²) in [5.41, 5.74) is 18.1. The topological polar surface area (TPSA) is 29.3 Å². The van der Waals surface area contributed by atoms with Gasteiger partial charge in [0.1, 0.15) is 5.58 Å². The summed E-state index contributed by atoms with van der Waals surface area (Å²) in [5.74, 6) is 0. The van der Waals surface area contributed by atoms with Gasteiger partial charge >= 0.3 is 0 Å². The van der Waals surface area contributed by atoms with Gasteiger partial charge in [-0.1, -0.05) is 155 Å². The van der Waals surface area contributed by atoms with Gasteiger partial charge in [0.25, 0.3) is 0 Å². The van der Waals surface area contributed by atoms with E-state index in [0.717, 1.165) is 71.9 Å². The second-order valence-corrected chi connectivity index (χ2v) is 17.1. The molecule has 0 amide bonds. The Morgan fingerprint density at radius 2 is 0.983 bits per heavy atom. The van der Waals surface area contributed by atoms with Gasteiger partial charge in [0, 0.05) is 54.7 Å². The van der Waals surface area contributed by atoms with Crippen LogP contribution in [-0.4, -0.2) is 4.98 Å². The molecule has 0 fully saturated rings. The van der Waals surface area contributed by atoms with Crippen molar-refractivity contribution in [1.29, 1.82) is 0 Å². The van der Waals surface area contributed by atoms with Crippen LogP contribution >= 0.6 is 0 Å². The first-order chi connectivity index (χ1) is 28.3. The number of rotatable bonds is 4. The Hall–Kier alpha value is -6.97. The number of anilines is 3. The molecule has 2 aromatic heterocycles. The Balaban J connectivity index is 1.22. The van der Waals surface area contributed by atoms with E-state index < -0.39 is 0 Å². The Morgan fingerprint density at radius 3 is 1.64 bits per heavy atom. The molecule has 0 radical (unpaired) electrons. The van der Waals surface area contributed by atoms with Crippen molar-refractivity contribution in [2.75, 3.05) is 4.90 Å². The molecule has 0 aliphatic heterocycles. The summed E-state index contributed by atoms with van der Waals surface area (Å²) >= 11 is 0. The van der Waals surface area contributed by atoms with Crippen molar-refractivity contribution in [3.05, 3.63) is 192 Å². The van der Waals surface area contributed by atoms with E-state index in [1.807, 2.05) is 0 Å². The molecule has 2 heterocycles. The Bertz CT molecular complexity index is 3240. The van der Waals surface area contributed by atoms with Crippen molar-refractivity contribution < 1.29 is 4.42 Å². The number of furan rings is 1. The van der Waals surface area contributed by atoms with Crippen LogP contribution in [0.1, 0.15) is 49.9 Å². The first-order valence-electron chi connectivity index (χ1n) is 20.3. The van der Waals surface area contributed by atoms with Crippen molar-refractivity contribution in [1.82, 2.24) is 4.98 Å². The molecule has 2 aliphatic rings. The van der Waals surface area contributed by atoms with E-state index in [-0.39, 0.29) is 10.8 Å². The van der Waals surface area contributed by atoms with Crippen LogP contribution in [0.15, 0.2) is 174 Å². The minimum Gasteiger partial charge on any atom is -0.454 e. The van der Waals surface area contributed by atoms with Crippen LogP contribution in [0.3, 0.4) is 0 Å². The molecule has 3 heteroatoms. The molecule has 12 rings (SSSR count).